The van der Waals surface area contributed by atoms with Gasteiger partial charge in [-0.2, -0.15) is 11.8 Å². The monoisotopic (exact) mass is 117 g/mol. The largest absolute Gasteiger partial charge is 0.155 e. The summed E-state index contributed by atoms with van der Waals surface area (Å²) < 4.78 is 0. The third kappa shape index (κ3) is 4.20. The highest BCUT2D eigenvalue weighted by Crippen LogP contribution is 2.14. The summed E-state index contributed by atoms with van der Waals surface area (Å²) in [5.41, 5.74) is 0. The van der Waals surface area contributed by atoms with Crippen molar-refractivity contribution in [3.8, 4) is 0 Å². The number of thioether (sulfide) groups is 1. The van der Waals surface area contributed by atoms with E-state index in [1.807, 2.05) is 11.8 Å². The minimum absolute atomic E-state index is 0.810. The van der Waals surface area contributed by atoms with Gasteiger partial charge in [0.25, 0.3) is 0 Å². The van der Waals surface area contributed by atoms with Crippen LogP contribution in [0.25, 0.3) is 0 Å². The maximum atomic E-state index is 2.24. The molecule has 0 saturated heterocycles. The first-order chi connectivity index (χ1) is 3.31. The lowest BCUT2D eigenvalue weighted by Crippen LogP contribution is -1.89. The van der Waals surface area contributed by atoms with Gasteiger partial charge in [0.1, 0.15) is 0 Å². The summed E-state index contributed by atoms with van der Waals surface area (Å²) in [5.74, 6) is 2.15. The molecule has 0 rings (SSSR count). The lowest BCUT2D eigenvalue weighted by Gasteiger charge is -2.02. The summed E-state index contributed by atoms with van der Waals surface area (Å²) in [4.78, 5) is 0. The molecule has 1 heteroatoms. The molecule has 0 saturated carbocycles. The van der Waals surface area contributed by atoms with E-state index in [0.717, 1.165) is 5.25 Å². The zero-order valence-corrected chi connectivity index (χ0v) is 6.09. The normalized spacial score (nSPS) is 14.1. The predicted molar refractivity (Wildman–Crippen MR) is 37.3 cm³/mol. The van der Waals surface area contributed by atoms with Crippen LogP contribution in [0.5, 0.6) is 0 Å². The Hall–Kier alpha value is 0.350. The van der Waals surface area contributed by atoms with Crippen molar-refractivity contribution in [2.75, 3.05) is 0 Å². The molecule has 1 unspecified atom stereocenters. The average Bonchev–Trinajstić information content (AvgIpc) is 1.68. The highest BCUT2D eigenvalue weighted by Gasteiger charge is 1.93. The smallest absolute Gasteiger partial charge is 0.0138 e. The van der Waals surface area contributed by atoms with E-state index in [9.17, 15) is 0 Å². The molecule has 0 aromatic heterocycles. The Morgan fingerprint density at radius 3 is 2.43 bits per heavy atom. The number of hydrogen-bond acceptors (Lipinski definition) is 1. The van der Waals surface area contributed by atoms with Crippen LogP contribution in [-0.2, 0) is 0 Å². The molecule has 0 amide bonds. The van der Waals surface area contributed by atoms with Crippen LogP contribution < -0.4 is 0 Å². The summed E-state index contributed by atoms with van der Waals surface area (Å²) in [6.45, 7) is 6.53. The van der Waals surface area contributed by atoms with Crippen LogP contribution in [-0.4, -0.2) is 5.25 Å². The molecule has 43 valence electrons. The Labute approximate surface area is 50.7 Å². The predicted octanol–water partition coefficient (Wildman–Crippen LogP) is 2.70. The van der Waals surface area contributed by atoms with Crippen LogP contribution in [0.4, 0.5) is 0 Å². The highest BCUT2D eigenvalue weighted by molar-refractivity contribution is 8.01. The molecule has 0 aliphatic rings. The SMILES string of the molecule is C[CH]SC(C)CC. The molecule has 1 atom stereocenters. The third-order valence-electron chi connectivity index (χ3n) is 0.943. The Kier molecular flexibility index (Phi) is 4.73. The number of rotatable bonds is 3. The van der Waals surface area contributed by atoms with Crippen molar-refractivity contribution >= 4 is 11.8 Å². The molecule has 0 heterocycles. The van der Waals surface area contributed by atoms with Gasteiger partial charge in [0, 0.05) is 11.0 Å². The molecule has 0 spiro atoms. The van der Waals surface area contributed by atoms with E-state index < -0.39 is 0 Å². The van der Waals surface area contributed by atoms with Crippen LogP contribution in [0, 0.1) is 5.75 Å². The van der Waals surface area contributed by atoms with Gasteiger partial charge in [0.05, 0.1) is 0 Å². The van der Waals surface area contributed by atoms with E-state index in [1.165, 1.54) is 6.42 Å². The molecule has 0 fully saturated rings. The summed E-state index contributed by atoms with van der Waals surface area (Å²) in [7, 11) is 0. The first kappa shape index (κ1) is 7.35. The standard InChI is InChI=1S/C6H13S/c1-4-6(3)7-5-2/h5-6H,4H2,1-3H3. The van der Waals surface area contributed by atoms with Crippen molar-refractivity contribution in [1.29, 1.82) is 0 Å². The van der Waals surface area contributed by atoms with Gasteiger partial charge in [-0.15, -0.1) is 0 Å². The first-order valence-corrected chi connectivity index (χ1v) is 3.68. The molecule has 0 nitrogen and oxygen atoms in total. The molecule has 0 bridgehead atoms. The summed E-state index contributed by atoms with van der Waals surface area (Å²) in [5, 5.41) is 0.810. The first-order valence-electron chi connectivity index (χ1n) is 2.74. The van der Waals surface area contributed by atoms with Gasteiger partial charge in [-0.1, -0.05) is 20.8 Å². The minimum Gasteiger partial charge on any atom is -0.155 e. The van der Waals surface area contributed by atoms with E-state index >= 15 is 0 Å². The lowest BCUT2D eigenvalue weighted by molar-refractivity contribution is 0.908. The quantitative estimate of drug-likeness (QED) is 0.547. The van der Waals surface area contributed by atoms with E-state index in [1.54, 1.807) is 0 Å². The molecule has 0 aliphatic carbocycles. The van der Waals surface area contributed by atoms with Crippen LogP contribution in [0.2, 0.25) is 0 Å². The number of hydrogen-bond donors (Lipinski definition) is 0. The Bertz CT molecular complexity index is 35.2. The highest BCUT2D eigenvalue weighted by atomic mass is 32.2. The van der Waals surface area contributed by atoms with Gasteiger partial charge in [0.15, 0.2) is 0 Å². The zero-order chi connectivity index (χ0) is 5.70. The van der Waals surface area contributed by atoms with E-state index in [-0.39, 0.29) is 0 Å². The van der Waals surface area contributed by atoms with Crippen molar-refractivity contribution in [1.82, 2.24) is 0 Å². The Morgan fingerprint density at radius 2 is 2.29 bits per heavy atom. The maximum Gasteiger partial charge on any atom is 0.0138 e. The second kappa shape index (κ2) is 4.51. The van der Waals surface area contributed by atoms with Gasteiger partial charge in [-0.05, 0) is 6.42 Å². The van der Waals surface area contributed by atoms with Crippen LogP contribution in [0.15, 0.2) is 0 Å². The molecule has 1 radical (unpaired) electrons. The van der Waals surface area contributed by atoms with E-state index in [2.05, 4.69) is 26.5 Å². The maximum absolute atomic E-state index is 2.24. The summed E-state index contributed by atoms with van der Waals surface area (Å²) >= 11 is 1.91. The van der Waals surface area contributed by atoms with Gasteiger partial charge in [0.2, 0.25) is 0 Å². The fourth-order valence-electron chi connectivity index (χ4n) is 0.329. The summed E-state index contributed by atoms with van der Waals surface area (Å²) in [6.07, 6.45) is 1.27. The van der Waals surface area contributed by atoms with Crippen molar-refractivity contribution in [3.63, 3.8) is 0 Å². The topological polar surface area (TPSA) is 0 Å². The molecule has 0 aromatic carbocycles. The summed E-state index contributed by atoms with van der Waals surface area (Å²) in [6, 6.07) is 0. The van der Waals surface area contributed by atoms with Gasteiger partial charge < -0.3 is 0 Å². The van der Waals surface area contributed by atoms with Crippen LogP contribution in [0.3, 0.4) is 0 Å². The van der Waals surface area contributed by atoms with Crippen molar-refractivity contribution in [2.45, 2.75) is 32.4 Å². The molecule has 0 N–H and O–H groups in total. The molecule has 0 aliphatic heterocycles. The fourth-order valence-corrected chi connectivity index (χ4v) is 0.986. The molecule has 7 heavy (non-hydrogen) atoms. The van der Waals surface area contributed by atoms with Gasteiger partial charge in [-0.3, -0.25) is 0 Å². The molecular weight excluding hydrogens is 104 g/mol. The molecule has 0 aromatic rings. The van der Waals surface area contributed by atoms with E-state index in [4.69, 9.17) is 0 Å². The fraction of sp³-hybridized carbons (Fsp3) is 0.833. The van der Waals surface area contributed by atoms with Crippen molar-refractivity contribution < 1.29 is 0 Å². The minimum atomic E-state index is 0.810. The zero-order valence-electron chi connectivity index (χ0n) is 5.27. The van der Waals surface area contributed by atoms with E-state index in [0.29, 0.717) is 0 Å². The van der Waals surface area contributed by atoms with Crippen molar-refractivity contribution in [2.24, 2.45) is 0 Å². The van der Waals surface area contributed by atoms with Gasteiger partial charge >= 0.3 is 0 Å². The Morgan fingerprint density at radius 1 is 1.71 bits per heavy atom. The Balaban J connectivity index is 2.83. The van der Waals surface area contributed by atoms with Crippen LogP contribution in [0.1, 0.15) is 27.2 Å². The van der Waals surface area contributed by atoms with Crippen molar-refractivity contribution in [3.05, 3.63) is 5.75 Å². The second-order valence-corrected chi connectivity index (χ2v) is 3.14. The third-order valence-corrected chi connectivity index (χ3v) is 2.01. The molecular formula is C6H13S. The lowest BCUT2D eigenvalue weighted by atomic mass is 10.4. The van der Waals surface area contributed by atoms with Gasteiger partial charge in [-0.25, -0.2) is 0 Å². The van der Waals surface area contributed by atoms with Crippen LogP contribution >= 0.6 is 11.8 Å². The average molecular weight is 117 g/mol. The second-order valence-electron chi connectivity index (χ2n) is 1.59.